The van der Waals surface area contributed by atoms with Gasteiger partial charge in [0.1, 0.15) is 0 Å². The molecule has 16 heavy (non-hydrogen) atoms. The Bertz CT molecular complexity index is 398. The standard InChI is InChI=1S/C12H15N3O/c16-11-12(3-6-13-7-4-12)10(15-11)9-2-1-5-14-8-9/h1-2,5,8,10,13H,3-4,6-7H2,(H,15,16). The second-order valence-corrected chi connectivity index (χ2v) is 4.60. The molecule has 2 fully saturated rings. The van der Waals surface area contributed by atoms with Gasteiger partial charge in [0, 0.05) is 12.4 Å². The van der Waals surface area contributed by atoms with Crippen LogP contribution in [-0.2, 0) is 4.79 Å². The molecular formula is C12H15N3O. The summed E-state index contributed by atoms with van der Waals surface area (Å²) in [5, 5.41) is 6.32. The van der Waals surface area contributed by atoms with Crippen molar-refractivity contribution in [2.24, 2.45) is 5.41 Å². The van der Waals surface area contributed by atoms with Gasteiger partial charge in [-0.1, -0.05) is 6.07 Å². The zero-order chi connectivity index (χ0) is 11.0. The molecule has 1 amide bonds. The van der Waals surface area contributed by atoms with Crippen molar-refractivity contribution >= 4 is 5.91 Å². The van der Waals surface area contributed by atoms with Crippen LogP contribution in [0.25, 0.3) is 0 Å². The van der Waals surface area contributed by atoms with Crippen LogP contribution < -0.4 is 10.6 Å². The van der Waals surface area contributed by atoms with Crippen molar-refractivity contribution in [1.29, 1.82) is 0 Å². The number of piperidine rings is 1. The second-order valence-electron chi connectivity index (χ2n) is 4.60. The Morgan fingerprint density at radius 1 is 1.38 bits per heavy atom. The van der Waals surface area contributed by atoms with E-state index in [1.165, 1.54) is 0 Å². The number of hydrogen-bond donors (Lipinski definition) is 2. The molecule has 84 valence electrons. The minimum absolute atomic E-state index is 0.163. The number of carbonyl (C=O) groups excluding carboxylic acids is 1. The van der Waals surface area contributed by atoms with Crippen LogP contribution >= 0.6 is 0 Å². The maximum Gasteiger partial charge on any atom is 0.229 e. The predicted molar refractivity (Wildman–Crippen MR) is 59.7 cm³/mol. The summed E-state index contributed by atoms with van der Waals surface area (Å²) in [5.74, 6) is 0.211. The van der Waals surface area contributed by atoms with E-state index in [1.807, 2.05) is 18.3 Å². The van der Waals surface area contributed by atoms with Crippen LogP contribution in [0.2, 0.25) is 0 Å². The highest BCUT2D eigenvalue weighted by Gasteiger charge is 2.55. The third-order valence-electron chi connectivity index (χ3n) is 3.79. The summed E-state index contributed by atoms with van der Waals surface area (Å²) in [6.45, 7) is 1.87. The number of pyridine rings is 1. The summed E-state index contributed by atoms with van der Waals surface area (Å²) in [7, 11) is 0. The Balaban J connectivity index is 1.90. The molecular weight excluding hydrogens is 202 g/mol. The Labute approximate surface area is 94.5 Å². The number of aromatic nitrogens is 1. The van der Waals surface area contributed by atoms with Crippen LogP contribution in [0, 0.1) is 5.41 Å². The van der Waals surface area contributed by atoms with E-state index in [9.17, 15) is 4.79 Å². The fourth-order valence-corrected chi connectivity index (χ4v) is 2.80. The first-order valence-corrected chi connectivity index (χ1v) is 5.74. The van der Waals surface area contributed by atoms with Crippen molar-refractivity contribution in [1.82, 2.24) is 15.6 Å². The minimum Gasteiger partial charge on any atom is -0.348 e. The number of nitrogens with zero attached hydrogens (tertiary/aromatic N) is 1. The van der Waals surface area contributed by atoms with Gasteiger partial charge in [-0.2, -0.15) is 0 Å². The third-order valence-corrected chi connectivity index (χ3v) is 3.79. The number of amides is 1. The Morgan fingerprint density at radius 3 is 2.81 bits per heavy atom. The molecule has 4 nitrogen and oxygen atoms in total. The smallest absolute Gasteiger partial charge is 0.229 e. The normalized spacial score (nSPS) is 27.2. The Morgan fingerprint density at radius 2 is 2.19 bits per heavy atom. The van der Waals surface area contributed by atoms with Crippen LogP contribution in [0.5, 0.6) is 0 Å². The van der Waals surface area contributed by atoms with E-state index in [1.54, 1.807) is 6.20 Å². The zero-order valence-electron chi connectivity index (χ0n) is 9.07. The molecule has 2 aliphatic rings. The van der Waals surface area contributed by atoms with Gasteiger partial charge >= 0.3 is 0 Å². The van der Waals surface area contributed by atoms with Crippen molar-refractivity contribution in [2.75, 3.05) is 13.1 Å². The molecule has 0 bridgehead atoms. The van der Waals surface area contributed by atoms with Crippen LogP contribution in [0.15, 0.2) is 24.5 Å². The van der Waals surface area contributed by atoms with E-state index in [4.69, 9.17) is 0 Å². The highest BCUT2D eigenvalue weighted by atomic mass is 16.2. The summed E-state index contributed by atoms with van der Waals surface area (Å²) in [5.41, 5.74) is 0.956. The minimum atomic E-state index is -0.172. The van der Waals surface area contributed by atoms with Gasteiger partial charge in [-0.3, -0.25) is 9.78 Å². The van der Waals surface area contributed by atoms with Crippen molar-refractivity contribution < 1.29 is 4.79 Å². The number of nitrogens with one attached hydrogen (secondary N) is 2. The average molecular weight is 217 g/mol. The maximum absolute atomic E-state index is 11.8. The van der Waals surface area contributed by atoms with Crippen molar-refractivity contribution in [3.63, 3.8) is 0 Å². The molecule has 2 aliphatic heterocycles. The lowest BCUT2D eigenvalue weighted by atomic mass is 9.64. The topological polar surface area (TPSA) is 54.0 Å². The van der Waals surface area contributed by atoms with Crippen molar-refractivity contribution in [3.05, 3.63) is 30.1 Å². The van der Waals surface area contributed by atoms with Crippen LogP contribution in [0.3, 0.4) is 0 Å². The fourth-order valence-electron chi connectivity index (χ4n) is 2.80. The molecule has 0 saturated carbocycles. The highest BCUT2D eigenvalue weighted by Crippen LogP contribution is 2.48. The number of rotatable bonds is 1. The molecule has 3 heterocycles. The van der Waals surface area contributed by atoms with E-state index in [-0.39, 0.29) is 17.4 Å². The van der Waals surface area contributed by atoms with Gasteiger partial charge in [0.15, 0.2) is 0 Å². The number of β-lactam (4-membered cyclic amide) rings is 1. The largest absolute Gasteiger partial charge is 0.348 e. The van der Waals surface area contributed by atoms with Gasteiger partial charge in [0.2, 0.25) is 5.91 Å². The van der Waals surface area contributed by atoms with Gasteiger partial charge in [-0.15, -0.1) is 0 Å². The highest BCUT2D eigenvalue weighted by molar-refractivity contribution is 5.90. The van der Waals surface area contributed by atoms with Crippen LogP contribution in [-0.4, -0.2) is 24.0 Å². The molecule has 1 atom stereocenters. The molecule has 1 aromatic rings. The van der Waals surface area contributed by atoms with Crippen molar-refractivity contribution in [2.45, 2.75) is 18.9 Å². The van der Waals surface area contributed by atoms with Gasteiger partial charge in [0.05, 0.1) is 11.5 Å². The lowest BCUT2D eigenvalue weighted by Gasteiger charge is -2.51. The Hall–Kier alpha value is -1.42. The van der Waals surface area contributed by atoms with Crippen LogP contribution in [0.1, 0.15) is 24.4 Å². The predicted octanol–water partition coefficient (Wildman–Crippen LogP) is 0.622. The lowest BCUT2D eigenvalue weighted by Crippen LogP contribution is -2.64. The summed E-state index contributed by atoms with van der Waals surface area (Å²) < 4.78 is 0. The molecule has 3 rings (SSSR count). The van der Waals surface area contributed by atoms with E-state index in [0.29, 0.717) is 0 Å². The molecule has 1 spiro atoms. The van der Waals surface area contributed by atoms with Gasteiger partial charge in [-0.25, -0.2) is 0 Å². The fraction of sp³-hybridized carbons (Fsp3) is 0.500. The number of carbonyl (C=O) groups is 1. The third kappa shape index (κ3) is 1.26. The maximum atomic E-state index is 11.8. The Kier molecular flexibility index (Phi) is 2.17. The molecule has 2 saturated heterocycles. The average Bonchev–Trinajstić information content (AvgIpc) is 2.38. The monoisotopic (exact) mass is 217 g/mol. The van der Waals surface area contributed by atoms with Crippen LogP contribution in [0.4, 0.5) is 0 Å². The number of hydrogen-bond acceptors (Lipinski definition) is 3. The summed E-state index contributed by atoms with van der Waals surface area (Å²) in [4.78, 5) is 16.0. The molecule has 4 heteroatoms. The van der Waals surface area contributed by atoms with Gasteiger partial charge < -0.3 is 10.6 Å². The zero-order valence-corrected chi connectivity index (χ0v) is 9.07. The van der Waals surface area contributed by atoms with Gasteiger partial charge in [-0.05, 0) is 37.6 Å². The first-order valence-electron chi connectivity index (χ1n) is 5.74. The molecule has 0 aromatic carbocycles. The molecule has 2 N–H and O–H groups in total. The first-order chi connectivity index (χ1) is 7.83. The van der Waals surface area contributed by atoms with Crippen molar-refractivity contribution in [3.8, 4) is 0 Å². The van der Waals surface area contributed by atoms with E-state index >= 15 is 0 Å². The van der Waals surface area contributed by atoms with Gasteiger partial charge in [0.25, 0.3) is 0 Å². The first kappa shape index (κ1) is 9.78. The SMILES string of the molecule is O=C1NC(c2cccnc2)C12CCNCC2. The second kappa shape index (κ2) is 3.56. The summed E-state index contributed by atoms with van der Waals surface area (Å²) >= 11 is 0. The molecule has 0 radical (unpaired) electrons. The molecule has 1 aromatic heterocycles. The molecule has 0 aliphatic carbocycles. The molecule has 1 unspecified atom stereocenters. The summed E-state index contributed by atoms with van der Waals surface area (Å²) in [6.07, 6.45) is 5.48. The van der Waals surface area contributed by atoms with E-state index in [2.05, 4.69) is 15.6 Å². The summed E-state index contributed by atoms with van der Waals surface area (Å²) in [6, 6.07) is 4.13. The quantitative estimate of drug-likeness (QED) is 0.678. The van der Waals surface area contributed by atoms with E-state index < -0.39 is 0 Å². The lowest BCUT2D eigenvalue weighted by molar-refractivity contribution is -0.149. The van der Waals surface area contributed by atoms with E-state index in [0.717, 1.165) is 31.5 Å².